The summed E-state index contributed by atoms with van der Waals surface area (Å²) in [4.78, 5) is 76.7. The minimum atomic E-state index is -0.853. The van der Waals surface area contributed by atoms with Crippen LogP contribution < -0.4 is 49.5 Å². The Morgan fingerprint density at radius 2 is 1.44 bits per heavy atom. The zero-order valence-electron chi connectivity index (χ0n) is 34.9. The smallest absolute Gasteiger partial charge is 0.320 e. The van der Waals surface area contributed by atoms with Gasteiger partial charge in [0, 0.05) is 53.6 Å². The van der Waals surface area contributed by atoms with Gasteiger partial charge in [-0.2, -0.15) is 0 Å². The molecule has 2 amide bonds. The van der Waals surface area contributed by atoms with Gasteiger partial charge in [-0.05, 0) is 71.7 Å². The minimum Gasteiger partial charge on any atom is -0.480 e. The van der Waals surface area contributed by atoms with Crippen molar-refractivity contribution in [2.75, 3.05) is 54.4 Å². The number of Topliss-reactive ketones (excluding diaryl/α,β-unsaturated/α-hetero) is 2. The van der Waals surface area contributed by atoms with Crippen LogP contribution in [0.2, 0.25) is 0 Å². The molecule has 21 nitrogen and oxygen atoms in total. The van der Waals surface area contributed by atoms with E-state index in [1.807, 2.05) is 24.3 Å². The molecule has 2 heterocycles. The Balaban J connectivity index is 0.000000518. The normalized spacial score (nSPS) is 16.6. The van der Waals surface area contributed by atoms with E-state index in [9.17, 15) is 29.1 Å². The van der Waals surface area contributed by atoms with Gasteiger partial charge < -0.3 is 64.6 Å². The average molecular weight is 849 g/mol. The molecule has 15 N–H and O–H groups in total. The second-order valence-corrected chi connectivity index (χ2v) is 14.5. The Labute approximate surface area is 349 Å². The summed E-state index contributed by atoms with van der Waals surface area (Å²) in [5.74, 6) is -0.988. The number of hydrogen-bond acceptors (Lipinski definition) is 13. The first-order chi connectivity index (χ1) is 28.0. The summed E-state index contributed by atoms with van der Waals surface area (Å²) in [5.41, 5.74) is 22.2. The van der Waals surface area contributed by atoms with Crippen LogP contribution in [0.1, 0.15) is 68.6 Å². The molecule has 0 saturated carbocycles. The van der Waals surface area contributed by atoms with Gasteiger partial charge in [-0.15, -0.1) is 11.3 Å². The highest BCUT2D eigenvalue weighted by Crippen LogP contribution is 2.24. The number of aliphatic imine (C=N–C) groups is 3. The van der Waals surface area contributed by atoms with Crippen molar-refractivity contribution in [1.82, 2.24) is 36.5 Å². The molecule has 1 saturated heterocycles. The molecule has 1 aliphatic rings. The number of likely N-dealkylation sites (tertiary alicyclic amines) is 1. The summed E-state index contributed by atoms with van der Waals surface area (Å²) < 4.78 is 0.873. The molecule has 1 aromatic carbocycles. The highest BCUT2D eigenvalue weighted by atomic mass is 32.1. The van der Waals surface area contributed by atoms with Gasteiger partial charge in [0.15, 0.2) is 22.9 Å². The van der Waals surface area contributed by atoms with Gasteiger partial charge in [0.2, 0.25) is 17.6 Å². The third kappa shape index (κ3) is 19.7. The van der Waals surface area contributed by atoms with Gasteiger partial charge in [0.25, 0.3) is 0 Å². The number of aliphatic hydroxyl groups excluding tert-OH is 1. The number of rotatable bonds is 20. The summed E-state index contributed by atoms with van der Waals surface area (Å²) in [6.45, 7) is 4.72. The second-order valence-electron chi connectivity index (χ2n) is 13.4. The number of nitrogens with zero attached hydrogens (tertiary/aromatic N) is 5. The number of carboxylic acid groups (broad SMARTS) is 1. The molecule has 1 fully saturated rings. The fourth-order valence-electron chi connectivity index (χ4n) is 5.72. The predicted octanol–water partition coefficient (Wildman–Crippen LogP) is -1.55. The highest BCUT2D eigenvalue weighted by Gasteiger charge is 2.39. The van der Waals surface area contributed by atoms with Gasteiger partial charge in [-0.3, -0.25) is 38.9 Å². The van der Waals surface area contributed by atoms with Crippen LogP contribution in [0.25, 0.3) is 10.2 Å². The lowest BCUT2D eigenvalue weighted by molar-refractivity contribution is -0.139. The van der Waals surface area contributed by atoms with Gasteiger partial charge in [0.05, 0.1) is 28.4 Å². The number of aliphatic hydroxyl groups is 1. The maximum Gasteiger partial charge on any atom is 0.320 e. The summed E-state index contributed by atoms with van der Waals surface area (Å²) in [7, 11) is 6.65. The number of nitrogens with two attached hydrogens (primary N) is 4. The molecule has 0 radical (unpaired) electrons. The van der Waals surface area contributed by atoms with Gasteiger partial charge >= 0.3 is 5.97 Å². The maximum atomic E-state index is 13.2. The number of para-hydroxylation sites is 1. The highest BCUT2D eigenvalue weighted by molar-refractivity contribution is 7.20. The van der Waals surface area contributed by atoms with Gasteiger partial charge in [-0.1, -0.05) is 12.1 Å². The number of guanidine groups is 3. The number of β-amino-alcohol motifs (C(OH)–C–C–N with tert-alkyl or cyclic N) is 1. The lowest BCUT2D eigenvalue weighted by Crippen LogP contribution is -2.50. The number of aromatic nitrogens is 1. The van der Waals surface area contributed by atoms with E-state index in [2.05, 4.69) is 46.5 Å². The van der Waals surface area contributed by atoms with E-state index in [0.29, 0.717) is 54.8 Å². The fourth-order valence-corrected chi connectivity index (χ4v) is 6.68. The van der Waals surface area contributed by atoms with E-state index >= 15 is 0 Å². The SMILES string of the molecule is CC(=O)N1C[C@H](O)C[C@H]1C(=O)N[C@@H](CCCN=C(N)N)C(=O)c1nc2ccccc2s1.CN=C(N)NCCC[C@H](NC)C(=O)O.CN=C(N)NCCC[C@H](NC)C(C)=O. The first kappa shape index (κ1) is 51.6. The van der Waals surface area contributed by atoms with Crippen molar-refractivity contribution in [2.45, 2.75) is 89.1 Å². The van der Waals surface area contributed by atoms with E-state index in [1.165, 1.54) is 23.2 Å². The van der Waals surface area contributed by atoms with E-state index in [4.69, 9.17) is 28.0 Å². The third-order valence-corrected chi connectivity index (χ3v) is 10.0. The van der Waals surface area contributed by atoms with Crippen molar-refractivity contribution < 1.29 is 34.2 Å². The van der Waals surface area contributed by atoms with E-state index < -0.39 is 36.1 Å². The van der Waals surface area contributed by atoms with Crippen molar-refractivity contribution in [1.29, 1.82) is 0 Å². The predicted molar refractivity (Wildman–Crippen MR) is 231 cm³/mol. The molecule has 1 aromatic heterocycles. The van der Waals surface area contributed by atoms with Crippen molar-refractivity contribution in [3.63, 3.8) is 0 Å². The van der Waals surface area contributed by atoms with Crippen LogP contribution in [0.4, 0.5) is 0 Å². The largest absolute Gasteiger partial charge is 0.480 e. The molecule has 0 bridgehead atoms. The van der Waals surface area contributed by atoms with E-state index in [-0.39, 0.29) is 42.4 Å². The molecular weight excluding hydrogens is 785 g/mol. The van der Waals surface area contributed by atoms with Crippen molar-refractivity contribution in [3.8, 4) is 0 Å². The third-order valence-electron chi connectivity index (χ3n) is 8.99. The summed E-state index contributed by atoms with van der Waals surface area (Å²) >= 11 is 1.26. The number of likely N-dealkylation sites (N-methyl/N-ethyl adjacent to an activating group) is 2. The van der Waals surface area contributed by atoms with Crippen LogP contribution >= 0.6 is 11.3 Å². The number of ketones is 2. The number of fused-ring (bicyclic) bond motifs is 1. The zero-order chi connectivity index (χ0) is 44.5. The number of carboxylic acids is 1. The lowest BCUT2D eigenvalue weighted by atomic mass is 10.1. The zero-order valence-corrected chi connectivity index (χ0v) is 35.7. The second kappa shape index (κ2) is 28.1. The van der Waals surface area contributed by atoms with Crippen LogP contribution in [0.15, 0.2) is 39.2 Å². The van der Waals surface area contributed by atoms with Crippen LogP contribution in [0, 0.1) is 0 Å². The van der Waals surface area contributed by atoms with Gasteiger partial charge in [-0.25, -0.2) is 4.98 Å². The molecule has 2 aromatic rings. The van der Waals surface area contributed by atoms with Crippen molar-refractivity contribution in [3.05, 3.63) is 29.3 Å². The molecule has 3 rings (SSSR count). The van der Waals surface area contributed by atoms with Crippen LogP contribution in [0.3, 0.4) is 0 Å². The Bertz CT molecular complexity index is 1660. The summed E-state index contributed by atoms with van der Waals surface area (Å²) in [6, 6.07) is 5.19. The average Bonchev–Trinajstić information content (AvgIpc) is 3.82. The molecule has 1 aliphatic heterocycles. The van der Waals surface area contributed by atoms with Crippen LogP contribution in [-0.2, 0) is 19.2 Å². The number of amides is 2. The number of carbonyl (C=O) groups excluding carboxylic acids is 4. The number of carbonyl (C=O) groups is 5. The minimum absolute atomic E-state index is 0.0448. The van der Waals surface area contributed by atoms with Crippen LogP contribution in [0.5, 0.6) is 0 Å². The Hall–Kier alpha value is -5.45. The number of benzene rings is 1. The van der Waals surface area contributed by atoms with Crippen LogP contribution in [-0.4, -0.2) is 152 Å². The quantitative estimate of drug-likeness (QED) is 0.0311. The van der Waals surface area contributed by atoms with E-state index in [1.54, 1.807) is 35.1 Å². The molecular formula is C37H64N14O7S. The number of hydrogen-bond donors (Lipinski definition) is 11. The fraction of sp³-hybridized carbons (Fsp3) is 0.595. The van der Waals surface area contributed by atoms with Crippen molar-refractivity contribution >= 4 is 68.8 Å². The summed E-state index contributed by atoms with van der Waals surface area (Å²) in [6.07, 6.45) is 3.11. The standard InChI is InChI=1S/C20H26N6O4S.C9H20N4O.C8H18N4O2/c1-11(27)26-10-12(28)9-15(26)18(30)24-14(6-4-8-23-20(21)22)17(29)19-25-13-5-2-3-7-16(13)31-19;1-7(14)8(11-2)5-4-6-13-9(10)12-3;1-10-6(7(13)14)4-3-5-12-8(9)11-2/h2-3,5,7,12,14-15,28H,4,6,8-10H2,1H3,(H,24,30)(H4,21,22,23);8,11H,4-6H2,1-3H3,(H3,10,12,13);6,10H,3-5H2,1-2H3,(H,13,14)(H3,9,11,12)/t12-,14+,15+;8-;6-/m100/s1. The molecule has 0 spiro atoms. The number of aliphatic carboxylic acids is 1. The maximum absolute atomic E-state index is 13.2. The first-order valence-electron chi connectivity index (χ1n) is 19.2. The van der Waals surface area contributed by atoms with Crippen molar-refractivity contribution in [2.24, 2.45) is 37.9 Å². The Morgan fingerprint density at radius 3 is 1.93 bits per heavy atom. The lowest BCUT2D eigenvalue weighted by Gasteiger charge is -2.24. The molecule has 5 atom stereocenters. The molecule has 59 heavy (non-hydrogen) atoms. The molecule has 0 aliphatic carbocycles. The monoisotopic (exact) mass is 848 g/mol. The topological polar surface area (TPSA) is 343 Å². The number of nitrogens with one attached hydrogen (secondary N) is 5. The van der Waals surface area contributed by atoms with E-state index in [0.717, 1.165) is 30.5 Å². The Kier molecular flexibility index (Phi) is 24.5. The molecule has 22 heteroatoms. The number of thiazole rings is 1. The summed E-state index contributed by atoms with van der Waals surface area (Å²) in [5, 5.41) is 33.1. The molecule has 0 unspecified atom stereocenters. The Morgan fingerprint density at radius 1 is 0.881 bits per heavy atom. The first-order valence-corrected chi connectivity index (χ1v) is 20.0. The van der Waals surface area contributed by atoms with Gasteiger partial charge in [0.1, 0.15) is 17.9 Å². The molecule has 330 valence electrons.